The van der Waals surface area contributed by atoms with Gasteiger partial charge in [-0.25, -0.2) is 15.0 Å². The number of hydrogen-bond donors (Lipinski definition) is 1. The summed E-state index contributed by atoms with van der Waals surface area (Å²) in [6.07, 6.45) is 11.9. The summed E-state index contributed by atoms with van der Waals surface area (Å²) in [4.78, 5) is 27.3. The number of anilines is 2. The second-order valence-electron chi connectivity index (χ2n) is 8.26. The van der Waals surface area contributed by atoms with Crippen LogP contribution in [0.15, 0.2) is 41.8 Å². The van der Waals surface area contributed by atoms with Crippen molar-refractivity contribution in [3.05, 3.63) is 52.9 Å². The van der Waals surface area contributed by atoms with Gasteiger partial charge in [-0.05, 0) is 38.1 Å². The molecular formula is C23H22N8OS. The third-order valence-electron chi connectivity index (χ3n) is 6.11. The number of benzene rings is 1. The molecule has 1 amide bonds. The van der Waals surface area contributed by atoms with E-state index in [0.717, 1.165) is 34.8 Å². The zero-order chi connectivity index (χ0) is 22.2. The molecule has 4 aromatic rings. The summed E-state index contributed by atoms with van der Waals surface area (Å²) in [6, 6.07) is 5.67. The summed E-state index contributed by atoms with van der Waals surface area (Å²) in [7, 11) is 0. The van der Waals surface area contributed by atoms with Gasteiger partial charge in [0.1, 0.15) is 5.01 Å². The van der Waals surface area contributed by atoms with E-state index in [1.54, 1.807) is 29.9 Å². The van der Waals surface area contributed by atoms with Gasteiger partial charge in [0.25, 0.3) is 5.91 Å². The van der Waals surface area contributed by atoms with Gasteiger partial charge >= 0.3 is 0 Å². The van der Waals surface area contributed by atoms with Gasteiger partial charge in [0.05, 0.1) is 17.5 Å². The molecule has 9 nitrogen and oxygen atoms in total. The molecule has 1 N–H and O–H groups in total. The molecule has 0 aliphatic carbocycles. The van der Waals surface area contributed by atoms with E-state index >= 15 is 0 Å². The van der Waals surface area contributed by atoms with Gasteiger partial charge in [-0.3, -0.25) is 9.20 Å². The molecule has 0 radical (unpaired) electrons. The smallest absolute Gasteiger partial charge is 0.277 e. The Kier molecular flexibility index (Phi) is 5.16. The van der Waals surface area contributed by atoms with Gasteiger partial charge in [-0.15, -0.1) is 10.2 Å². The Morgan fingerprint density at radius 1 is 1.09 bits per heavy atom. The van der Waals surface area contributed by atoms with Crippen LogP contribution in [0.25, 0.3) is 16.9 Å². The Morgan fingerprint density at radius 3 is 2.91 bits per heavy atom. The highest BCUT2D eigenvalue weighted by molar-refractivity contribution is 7.15. The number of nitrogens with one attached hydrogen (secondary N) is 1. The summed E-state index contributed by atoms with van der Waals surface area (Å²) < 4.78 is 1.98. The zero-order valence-electron chi connectivity index (χ0n) is 17.9. The number of aromatic nitrogens is 5. The molecule has 5 heterocycles. The first-order chi connectivity index (χ1) is 16.2. The Bertz CT molecular complexity index is 1370. The molecule has 0 unspecified atom stereocenters. The van der Waals surface area contributed by atoms with Crippen molar-refractivity contribution in [3.8, 4) is 11.3 Å². The minimum absolute atomic E-state index is 0.200. The minimum Gasteiger partial charge on any atom is -0.312 e. The van der Waals surface area contributed by atoms with Gasteiger partial charge in [0, 0.05) is 42.7 Å². The average molecular weight is 459 g/mol. The zero-order valence-corrected chi connectivity index (χ0v) is 18.8. The van der Waals surface area contributed by atoms with E-state index in [-0.39, 0.29) is 5.91 Å². The number of fused-ring (bicyclic) bond motifs is 2. The van der Waals surface area contributed by atoms with Crippen molar-refractivity contribution in [2.45, 2.75) is 25.7 Å². The van der Waals surface area contributed by atoms with E-state index < -0.39 is 0 Å². The lowest BCUT2D eigenvalue weighted by Gasteiger charge is -2.25. The minimum atomic E-state index is -0.200. The van der Waals surface area contributed by atoms with E-state index in [1.807, 2.05) is 28.8 Å². The molecule has 2 aliphatic rings. The van der Waals surface area contributed by atoms with E-state index in [2.05, 4.69) is 35.4 Å². The number of aliphatic imine (C=N–C) groups is 1. The molecule has 3 aromatic heterocycles. The molecule has 0 spiro atoms. The van der Waals surface area contributed by atoms with Crippen LogP contribution in [0.5, 0.6) is 0 Å². The van der Waals surface area contributed by atoms with Gasteiger partial charge in [0.15, 0.2) is 11.5 Å². The Balaban J connectivity index is 1.22. The number of carbonyl (C=O) groups excluding carboxylic acids is 1. The number of carbonyl (C=O) groups is 1. The second-order valence-corrected chi connectivity index (χ2v) is 9.32. The maximum Gasteiger partial charge on any atom is 0.277 e. The first-order valence-corrected chi connectivity index (χ1v) is 11.9. The number of amides is 1. The van der Waals surface area contributed by atoms with Crippen LogP contribution in [0.1, 0.15) is 40.2 Å². The van der Waals surface area contributed by atoms with Crippen LogP contribution in [0.2, 0.25) is 0 Å². The van der Waals surface area contributed by atoms with Crippen molar-refractivity contribution < 1.29 is 4.79 Å². The van der Waals surface area contributed by atoms with E-state index in [0.29, 0.717) is 22.2 Å². The topological polar surface area (TPSA) is 101 Å². The molecule has 1 aromatic carbocycles. The van der Waals surface area contributed by atoms with Crippen LogP contribution >= 0.6 is 11.3 Å². The summed E-state index contributed by atoms with van der Waals surface area (Å²) in [5, 5.41) is 13.7. The largest absolute Gasteiger partial charge is 0.312 e. The standard InChI is InChI=1S/C23H22N8OS/c32-22-17-5-4-15(12-16(17)13-26-22)18-14-25-20(21-24-7-11-31(18)21)27-23-29-28-19(33-23)6-10-30-8-2-1-3-9-30/h4-5,7,11-14H,1-3,6,8-10H2,(H,25,27,29). The monoisotopic (exact) mass is 458 g/mol. The lowest BCUT2D eigenvalue weighted by Crippen LogP contribution is -2.31. The molecule has 6 rings (SSSR count). The Morgan fingerprint density at radius 2 is 2.00 bits per heavy atom. The lowest BCUT2D eigenvalue weighted by molar-refractivity contribution is 0.101. The number of imidazole rings is 1. The fraction of sp³-hybridized carbons (Fsp3) is 0.304. The second kappa shape index (κ2) is 8.45. The van der Waals surface area contributed by atoms with Crippen molar-refractivity contribution in [3.63, 3.8) is 0 Å². The van der Waals surface area contributed by atoms with Crippen LogP contribution < -0.4 is 5.32 Å². The highest BCUT2D eigenvalue weighted by atomic mass is 32.1. The number of nitrogens with zero attached hydrogens (tertiary/aromatic N) is 7. The van der Waals surface area contributed by atoms with Crippen molar-refractivity contribution in [1.29, 1.82) is 0 Å². The molecule has 0 atom stereocenters. The Labute approximate surface area is 194 Å². The molecule has 0 bridgehead atoms. The fourth-order valence-corrected chi connectivity index (χ4v) is 5.11. The van der Waals surface area contributed by atoms with Crippen LogP contribution in [-0.2, 0) is 6.42 Å². The van der Waals surface area contributed by atoms with Gasteiger partial charge < -0.3 is 10.2 Å². The SMILES string of the molecule is O=C1N=Cc2cc(-c3cnc(Nc4nnc(CCN5CCCCC5)s4)c4nccn34)ccc21. The average Bonchev–Trinajstić information content (AvgIpc) is 3.59. The van der Waals surface area contributed by atoms with Crippen LogP contribution in [0.4, 0.5) is 10.9 Å². The van der Waals surface area contributed by atoms with Crippen molar-refractivity contribution in [2.75, 3.05) is 25.0 Å². The predicted molar refractivity (Wildman–Crippen MR) is 128 cm³/mol. The molecule has 166 valence electrons. The summed E-state index contributed by atoms with van der Waals surface area (Å²) in [5.41, 5.74) is 3.96. The van der Waals surface area contributed by atoms with E-state index in [9.17, 15) is 4.79 Å². The van der Waals surface area contributed by atoms with Crippen molar-refractivity contribution in [1.82, 2.24) is 29.5 Å². The first-order valence-electron chi connectivity index (χ1n) is 11.1. The molecular weight excluding hydrogens is 436 g/mol. The van der Waals surface area contributed by atoms with Gasteiger partial charge in [-0.1, -0.05) is 23.8 Å². The summed E-state index contributed by atoms with van der Waals surface area (Å²) in [6.45, 7) is 3.40. The normalized spacial score (nSPS) is 15.9. The van der Waals surface area contributed by atoms with Gasteiger partial charge in [0.2, 0.25) is 5.13 Å². The quantitative estimate of drug-likeness (QED) is 0.471. The third-order valence-corrected chi connectivity index (χ3v) is 7.01. The molecule has 1 fully saturated rings. The Hall–Kier alpha value is -3.50. The maximum absolute atomic E-state index is 11.8. The van der Waals surface area contributed by atoms with Crippen LogP contribution in [0, 0.1) is 0 Å². The third kappa shape index (κ3) is 3.91. The van der Waals surface area contributed by atoms with E-state index in [4.69, 9.17) is 0 Å². The first kappa shape index (κ1) is 20.1. The summed E-state index contributed by atoms with van der Waals surface area (Å²) in [5.74, 6) is 0.426. The molecule has 2 aliphatic heterocycles. The van der Waals surface area contributed by atoms with Crippen molar-refractivity contribution >= 4 is 40.1 Å². The highest BCUT2D eigenvalue weighted by Crippen LogP contribution is 2.28. The highest BCUT2D eigenvalue weighted by Gasteiger charge is 2.18. The molecule has 10 heteroatoms. The number of rotatable bonds is 6. The molecule has 33 heavy (non-hydrogen) atoms. The van der Waals surface area contributed by atoms with Crippen LogP contribution in [0.3, 0.4) is 0 Å². The fourth-order valence-electron chi connectivity index (χ4n) is 4.38. The van der Waals surface area contributed by atoms with Crippen LogP contribution in [-0.4, -0.2) is 61.2 Å². The van der Waals surface area contributed by atoms with Crippen molar-refractivity contribution in [2.24, 2.45) is 4.99 Å². The molecule has 0 saturated carbocycles. The molecule has 1 saturated heterocycles. The summed E-state index contributed by atoms with van der Waals surface area (Å²) >= 11 is 1.56. The number of likely N-dealkylation sites (tertiary alicyclic amines) is 1. The van der Waals surface area contributed by atoms with E-state index in [1.165, 1.54) is 32.4 Å². The maximum atomic E-state index is 11.8. The lowest BCUT2D eigenvalue weighted by atomic mass is 10.0. The van der Waals surface area contributed by atoms with Gasteiger partial charge in [-0.2, -0.15) is 0 Å². The predicted octanol–water partition coefficient (Wildman–Crippen LogP) is 3.59. The number of hydrogen-bond acceptors (Lipinski definition) is 8. The number of piperidine rings is 1.